The molecule has 0 unspecified atom stereocenters. The lowest BCUT2D eigenvalue weighted by molar-refractivity contribution is 0.627. The number of rotatable bonds is 3. The van der Waals surface area contributed by atoms with Gasteiger partial charge >= 0.3 is 0 Å². The van der Waals surface area contributed by atoms with Crippen molar-refractivity contribution in [2.45, 2.75) is 13.8 Å². The molecule has 4 nitrogen and oxygen atoms in total. The molecule has 94 valence electrons. The van der Waals surface area contributed by atoms with E-state index < -0.39 is 0 Å². The molecule has 1 aromatic carbocycles. The van der Waals surface area contributed by atoms with Crippen molar-refractivity contribution in [2.24, 2.45) is 0 Å². The lowest BCUT2D eigenvalue weighted by atomic mass is 10.2. The van der Waals surface area contributed by atoms with Gasteiger partial charge in [-0.1, -0.05) is 0 Å². The van der Waals surface area contributed by atoms with Crippen LogP contribution in [0.1, 0.15) is 11.4 Å². The van der Waals surface area contributed by atoms with Crippen LogP contribution >= 0.6 is 0 Å². The van der Waals surface area contributed by atoms with E-state index in [9.17, 15) is 4.39 Å². The minimum Gasteiger partial charge on any atom is -0.373 e. The predicted octanol–water partition coefficient (Wildman–Crippen LogP) is 3.02. The van der Waals surface area contributed by atoms with Gasteiger partial charge in [0.1, 0.15) is 23.3 Å². The molecule has 1 heterocycles. The van der Waals surface area contributed by atoms with E-state index in [0.717, 1.165) is 11.4 Å². The van der Waals surface area contributed by atoms with Crippen LogP contribution in [-0.2, 0) is 0 Å². The Morgan fingerprint density at radius 1 is 1.00 bits per heavy atom. The van der Waals surface area contributed by atoms with Gasteiger partial charge in [0.15, 0.2) is 0 Å². The summed E-state index contributed by atoms with van der Waals surface area (Å²) < 4.78 is 13.3. The summed E-state index contributed by atoms with van der Waals surface area (Å²) in [6.07, 6.45) is 0. The second kappa shape index (κ2) is 5.00. The van der Waals surface area contributed by atoms with Gasteiger partial charge in [-0.2, -0.15) is 0 Å². The van der Waals surface area contributed by atoms with Crippen molar-refractivity contribution < 1.29 is 4.39 Å². The highest BCUT2D eigenvalue weighted by atomic mass is 19.1. The molecule has 0 atom stereocenters. The van der Waals surface area contributed by atoms with Crippen LogP contribution in [0.25, 0.3) is 0 Å². The maximum Gasteiger partial charge on any atom is 0.136 e. The fourth-order valence-corrected chi connectivity index (χ4v) is 1.72. The number of hydrogen-bond acceptors (Lipinski definition) is 4. The first-order valence-corrected chi connectivity index (χ1v) is 5.64. The Morgan fingerprint density at radius 3 is 2.39 bits per heavy atom. The largest absolute Gasteiger partial charge is 0.373 e. The number of halogens is 1. The molecule has 0 fully saturated rings. The lowest BCUT2D eigenvalue weighted by Crippen LogP contribution is -2.01. The molecule has 2 rings (SSSR count). The zero-order valence-corrected chi connectivity index (χ0v) is 10.6. The highest BCUT2D eigenvalue weighted by Crippen LogP contribution is 2.19. The van der Waals surface area contributed by atoms with E-state index in [1.165, 1.54) is 12.1 Å². The molecule has 0 aliphatic heterocycles. The van der Waals surface area contributed by atoms with Crippen molar-refractivity contribution in [3.8, 4) is 0 Å². The maximum absolute atomic E-state index is 13.3. The summed E-state index contributed by atoms with van der Waals surface area (Å²) in [5.74, 6) is 1.74. The Hall–Kier alpha value is -2.17. The second-order valence-corrected chi connectivity index (χ2v) is 4.08. The molecule has 0 saturated heterocycles. The van der Waals surface area contributed by atoms with Crippen molar-refractivity contribution >= 4 is 17.3 Å². The van der Waals surface area contributed by atoms with E-state index in [-0.39, 0.29) is 5.82 Å². The van der Waals surface area contributed by atoms with Gasteiger partial charge in [-0.25, -0.2) is 14.4 Å². The molecule has 0 saturated carbocycles. The van der Waals surface area contributed by atoms with Gasteiger partial charge < -0.3 is 10.6 Å². The normalized spacial score (nSPS) is 10.2. The fourth-order valence-electron chi connectivity index (χ4n) is 1.72. The van der Waals surface area contributed by atoms with Gasteiger partial charge in [0.05, 0.1) is 0 Å². The molecule has 0 bridgehead atoms. The van der Waals surface area contributed by atoms with E-state index in [1.54, 1.807) is 13.1 Å². The average Bonchev–Trinajstić information content (AvgIpc) is 2.26. The Labute approximate surface area is 105 Å². The summed E-state index contributed by atoms with van der Waals surface area (Å²) in [6, 6.07) is 6.55. The van der Waals surface area contributed by atoms with Crippen LogP contribution in [0.2, 0.25) is 0 Å². The molecular formula is C13H15FN4. The molecule has 1 aromatic heterocycles. The molecule has 0 radical (unpaired) electrons. The predicted molar refractivity (Wildman–Crippen MR) is 70.7 cm³/mol. The van der Waals surface area contributed by atoms with E-state index in [1.807, 2.05) is 19.9 Å². The van der Waals surface area contributed by atoms with Crippen LogP contribution in [0.15, 0.2) is 24.3 Å². The molecule has 2 N–H and O–H groups in total. The van der Waals surface area contributed by atoms with Crippen molar-refractivity contribution in [2.75, 3.05) is 17.7 Å². The number of nitrogens with zero attached hydrogens (tertiary/aromatic N) is 2. The van der Waals surface area contributed by atoms with Crippen molar-refractivity contribution in [1.82, 2.24) is 9.97 Å². The van der Waals surface area contributed by atoms with Gasteiger partial charge in [0, 0.05) is 18.8 Å². The van der Waals surface area contributed by atoms with Crippen LogP contribution in [0.5, 0.6) is 0 Å². The molecule has 0 amide bonds. The molecular weight excluding hydrogens is 231 g/mol. The summed E-state index contributed by atoms with van der Waals surface area (Å²) in [5, 5.41) is 6.02. The summed E-state index contributed by atoms with van der Waals surface area (Å²) in [5.41, 5.74) is 1.53. The van der Waals surface area contributed by atoms with E-state index in [4.69, 9.17) is 0 Å². The summed E-state index contributed by atoms with van der Waals surface area (Å²) >= 11 is 0. The van der Waals surface area contributed by atoms with Gasteiger partial charge in [-0.15, -0.1) is 0 Å². The summed E-state index contributed by atoms with van der Waals surface area (Å²) in [6.45, 7) is 3.65. The Kier molecular flexibility index (Phi) is 3.41. The van der Waals surface area contributed by atoms with Crippen LogP contribution in [0.3, 0.4) is 0 Å². The van der Waals surface area contributed by atoms with Crippen molar-refractivity contribution in [3.63, 3.8) is 0 Å². The van der Waals surface area contributed by atoms with Gasteiger partial charge in [0.2, 0.25) is 0 Å². The molecule has 18 heavy (non-hydrogen) atoms. The number of hydrogen-bond donors (Lipinski definition) is 2. The third-order valence-electron chi connectivity index (χ3n) is 2.41. The number of anilines is 3. The SMILES string of the molecule is CNc1cc(Nc2cc(C)cc(F)c2)nc(C)n1. The van der Waals surface area contributed by atoms with E-state index in [0.29, 0.717) is 17.3 Å². The Bertz CT molecular complexity index is 549. The molecule has 2 aromatic rings. The fraction of sp³-hybridized carbons (Fsp3) is 0.231. The Balaban J connectivity index is 2.30. The van der Waals surface area contributed by atoms with Crippen LogP contribution in [0, 0.1) is 19.7 Å². The third-order valence-corrected chi connectivity index (χ3v) is 2.41. The van der Waals surface area contributed by atoms with Gasteiger partial charge in [0.25, 0.3) is 0 Å². The zero-order valence-electron chi connectivity index (χ0n) is 10.6. The van der Waals surface area contributed by atoms with Gasteiger partial charge in [-0.3, -0.25) is 0 Å². The van der Waals surface area contributed by atoms with E-state index >= 15 is 0 Å². The number of nitrogens with one attached hydrogen (secondary N) is 2. The van der Waals surface area contributed by atoms with Crippen LogP contribution in [-0.4, -0.2) is 17.0 Å². The number of aryl methyl sites for hydroxylation is 2. The number of aromatic nitrogens is 2. The van der Waals surface area contributed by atoms with Crippen LogP contribution < -0.4 is 10.6 Å². The highest BCUT2D eigenvalue weighted by molar-refractivity contribution is 5.59. The maximum atomic E-state index is 13.3. The van der Waals surface area contributed by atoms with Gasteiger partial charge in [-0.05, 0) is 37.6 Å². The standard InChI is InChI=1S/C13H15FN4/c1-8-4-10(14)6-11(5-8)18-13-7-12(15-3)16-9(2)17-13/h4-7H,1-3H3,(H2,15,16,17,18). The minimum absolute atomic E-state index is 0.267. The topological polar surface area (TPSA) is 49.8 Å². The quantitative estimate of drug-likeness (QED) is 0.874. The first-order valence-electron chi connectivity index (χ1n) is 5.64. The average molecular weight is 246 g/mol. The summed E-state index contributed by atoms with van der Waals surface area (Å²) in [7, 11) is 1.79. The molecule has 5 heteroatoms. The zero-order chi connectivity index (χ0) is 13.1. The Morgan fingerprint density at radius 2 is 1.72 bits per heavy atom. The third kappa shape index (κ3) is 2.94. The monoisotopic (exact) mass is 246 g/mol. The van der Waals surface area contributed by atoms with E-state index in [2.05, 4.69) is 20.6 Å². The minimum atomic E-state index is -0.267. The summed E-state index contributed by atoms with van der Waals surface area (Å²) in [4.78, 5) is 8.44. The first kappa shape index (κ1) is 12.3. The van der Waals surface area contributed by atoms with Crippen LogP contribution in [0.4, 0.5) is 21.7 Å². The smallest absolute Gasteiger partial charge is 0.136 e. The second-order valence-electron chi connectivity index (χ2n) is 4.08. The van der Waals surface area contributed by atoms with Crippen molar-refractivity contribution in [3.05, 3.63) is 41.5 Å². The lowest BCUT2D eigenvalue weighted by Gasteiger charge is -2.09. The first-order chi connectivity index (χ1) is 8.56. The molecule has 0 aliphatic rings. The molecule has 0 spiro atoms. The highest BCUT2D eigenvalue weighted by Gasteiger charge is 2.03. The van der Waals surface area contributed by atoms with Crippen molar-refractivity contribution in [1.29, 1.82) is 0 Å². The molecule has 0 aliphatic carbocycles. The number of benzene rings is 1.